The van der Waals surface area contributed by atoms with Crippen LogP contribution in [-0.2, 0) is 4.79 Å². The molecule has 0 heterocycles. The standard InChI is InChI=1S/C9H9ClO2/c1-7-4-2-3-5-8(7)12-6-9(10)11/h2-5H,6H2,1H3. The van der Waals surface area contributed by atoms with Gasteiger partial charge >= 0.3 is 0 Å². The number of para-hydroxylation sites is 1. The second-order valence-corrected chi connectivity index (χ2v) is 2.83. The summed E-state index contributed by atoms with van der Waals surface area (Å²) in [6.45, 7) is 1.83. The number of aryl methyl sites for hydroxylation is 1. The molecule has 2 nitrogen and oxygen atoms in total. The Labute approximate surface area is 76.1 Å². The minimum Gasteiger partial charge on any atom is -0.484 e. The summed E-state index contributed by atoms with van der Waals surface area (Å²) in [6, 6.07) is 7.47. The zero-order chi connectivity index (χ0) is 8.97. The van der Waals surface area contributed by atoms with Crippen LogP contribution in [0.3, 0.4) is 0 Å². The van der Waals surface area contributed by atoms with Crippen molar-refractivity contribution in [1.29, 1.82) is 0 Å². The van der Waals surface area contributed by atoms with E-state index in [0.717, 1.165) is 5.56 Å². The van der Waals surface area contributed by atoms with E-state index in [1.165, 1.54) is 0 Å². The number of ether oxygens (including phenoxy) is 1. The van der Waals surface area contributed by atoms with Crippen LogP contribution >= 0.6 is 11.6 Å². The van der Waals surface area contributed by atoms with Crippen LogP contribution < -0.4 is 4.74 Å². The molecule has 1 aromatic rings. The quantitative estimate of drug-likeness (QED) is 0.673. The Kier molecular flexibility index (Phi) is 3.11. The van der Waals surface area contributed by atoms with Gasteiger partial charge in [0, 0.05) is 0 Å². The number of carbonyl (C=O) groups is 1. The minimum absolute atomic E-state index is 0.0770. The van der Waals surface area contributed by atoms with Gasteiger partial charge in [-0.25, -0.2) is 0 Å². The van der Waals surface area contributed by atoms with Crippen molar-refractivity contribution < 1.29 is 9.53 Å². The number of hydrogen-bond donors (Lipinski definition) is 0. The molecule has 0 amide bonds. The van der Waals surface area contributed by atoms with Crippen molar-refractivity contribution in [2.24, 2.45) is 0 Å². The highest BCUT2D eigenvalue weighted by atomic mass is 35.5. The lowest BCUT2D eigenvalue weighted by Gasteiger charge is -2.04. The molecular formula is C9H9ClO2. The fraction of sp³-hybridized carbons (Fsp3) is 0.222. The van der Waals surface area contributed by atoms with Crippen LogP contribution in [0, 0.1) is 6.92 Å². The van der Waals surface area contributed by atoms with Crippen molar-refractivity contribution in [3.63, 3.8) is 0 Å². The Balaban J connectivity index is 2.63. The van der Waals surface area contributed by atoms with Crippen molar-refractivity contribution in [2.45, 2.75) is 6.92 Å². The summed E-state index contributed by atoms with van der Waals surface area (Å²) in [7, 11) is 0. The molecule has 0 saturated carbocycles. The SMILES string of the molecule is Cc1ccccc1OCC(=O)Cl. The molecule has 0 aliphatic rings. The third-order valence-electron chi connectivity index (χ3n) is 1.43. The van der Waals surface area contributed by atoms with Gasteiger partial charge < -0.3 is 4.74 Å². The van der Waals surface area contributed by atoms with Gasteiger partial charge in [0.1, 0.15) is 5.75 Å². The average Bonchev–Trinajstić information content (AvgIpc) is 2.03. The van der Waals surface area contributed by atoms with Gasteiger partial charge in [-0.2, -0.15) is 0 Å². The number of halogens is 1. The van der Waals surface area contributed by atoms with E-state index in [0.29, 0.717) is 5.75 Å². The first kappa shape index (κ1) is 9.07. The van der Waals surface area contributed by atoms with Crippen LogP contribution in [-0.4, -0.2) is 11.8 Å². The first-order valence-corrected chi connectivity index (χ1v) is 3.94. The molecule has 0 radical (unpaired) electrons. The molecule has 0 saturated heterocycles. The van der Waals surface area contributed by atoms with Crippen LogP contribution in [0.4, 0.5) is 0 Å². The highest BCUT2D eigenvalue weighted by Gasteiger charge is 1.99. The maximum atomic E-state index is 10.4. The van der Waals surface area contributed by atoms with Crippen LogP contribution in [0.1, 0.15) is 5.56 Å². The van der Waals surface area contributed by atoms with Crippen molar-refractivity contribution in [2.75, 3.05) is 6.61 Å². The molecule has 0 aliphatic carbocycles. The Morgan fingerprint density at radius 2 is 2.17 bits per heavy atom. The highest BCUT2D eigenvalue weighted by molar-refractivity contribution is 6.63. The zero-order valence-electron chi connectivity index (χ0n) is 6.71. The minimum atomic E-state index is -0.488. The summed E-state index contributed by atoms with van der Waals surface area (Å²) in [5.41, 5.74) is 0.996. The van der Waals surface area contributed by atoms with Crippen molar-refractivity contribution in [3.8, 4) is 5.75 Å². The lowest BCUT2D eigenvalue weighted by molar-refractivity contribution is -0.113. The molecule has 0 atom stereocenters. The van der Waals surface area contributed by atoms with E-state index >= 15 is 0 Å². The van der Waals surface area contributed by atoms with Crippen molar-refractivity contribution >= 4 is 16.8 Å². The molecule has 0 unspecified atom stereocenters. The first-order chi connectivity index (χ1) is 5.70. The van der Waals surface area contributed by atoms with Gasteiger partial charge in [-0.3, -0.25) is 4.79 Å². The van der Waals surface area contributed by atoms with E-state index in [9.17, 15) is 4.79 Å². The topological polar surface area (TPSA) is 26.3 Å². The summed E-state index contributed by atoms with van der Waals surface area (Å²) in [6.07, 6.45) is 0. The Bertz CT molecular complexity index is 284. The maximum Gasteiger partial charge on any atom is 0.259 e. The summed E-state index contributed by atoms with van der Waals surface area (Å²) < 4.78 is 5.12. The molecule has 1 rings (SSSR count). The average molecular weight is 185 g/mol. The van der Waals surface area contributed by atoms with E-state index in [2.05, 4.69) is 0 Å². The first-order valence-electron chi connectivity index (χ1n) is 3.57. The largest absolute Gasteiger partial charge is 0.484 e. The highest BCUT2D eigenvalue weighted by Crippen LogP contribution is 2.15. The van der Waals surface area contributed by atoms with E-state index < -0.39 is 5.24 Å². The van der Waals surface area contributed by atoms with E-state index in [1.54, 1.807) is 6.07 Å². The molecular weight excluding hydrogens is 176 g/mol. The van der Waals surface area contributed by atoms with Gasteiger partial charge in [-0.15, -0.1) is 0 Å². The van der Waals surface area contributed by atoms with Crippen molar-refractivity contribution in [3.05, 3.63) is 29.8 Å². The molecule has 0 spiro atoms. The maximum absolute atomic E-state index is 10.4. The van der Waals surface area contributed by atoms with Crippen LogP contribution in [0.5, 0.6) is 5.75 Å². The van der Waals surface area contributed by atoms with Crippen molar-refractivity contribution in [1.82, 2.24) is 0 Å². The predicted molar refractivity (Wildman–Crippen MR) is 47.5 cm³/mol. The molecule has 0 bridgehead atoms. The molecule has 1 aromatic carbocycles. The molecule has 0 aliphatic heterocycles. The molecule has 0 aromatic heterocycles. The molecule has 12 heavy (non-hydrogen) atoms. The lowest BCUT2D eigenvalue weighted by Crippen LogP contribution is -2.04. The Morgan fingerprint density at radius 3 is 2.75 bits per heavy atom. The Hall–Kier alpha value is -1.02. The normalized spacial score (nSPS) is 9.50. The third kappa shape index (κ3) is 2.55. The smallest absolute Gasteiger partial charge is 0.259 e. The lowest BCUT2D eigenvalue weighted by atomic mass is 10.2. The van der Waals surface area contributed by atoms with Gasteiger partial charge in [-0.1, -0.05) is 18.2 Å². The summed E-state index contributed by atoms with van der Waals surface area (Å²) >= 11 is 5.12. The van der Waals surface area contributed by atoms with Gasteiger partial charge in [0.2, 0.25) is 0 Å². The monoisotopic (exact) mass is 184 g/mol. The molecule has 0 N–H and O–H groups in total. The second kappa shape index (κ2) is 4.12. The number of benzene rings is 1. The van der Waals surface area contributed by atoms with Gasteiger partial charge in [0.15, 0.2) is 6.61 Å². The third-order valence-corrected chi connectivity index (χ3v) is 1.54. The molecule has 64 valence electrons. The molecule has 3 heteroatoms. The van der Waals surface area contributed by atoms with Crippen LogP contribution in [0.2, 0.25) is 0 Å². The van der Waals surface area contributed by atoms with E-state index in [1.807, 2.05) is 25.1 Å². The van der Waals surface area contributed by atoms with Crippen LogP contribution in [0.25, 0.3) is 0 Å². The summed E-state index contributed by atoms with van der Waals surface area (Å²) in [4.78, 5) is 10.4. The number of rotatable bonds is 3. The van der Waals surface area contributed by atoms with Crippen LogP contribution in [0.15, 0.2) is 24.3 Å². The Morgan fingerprint density at radius 1 is 1.50 bits per heavy atom. The van der Waals surface area contributed by atoms with E-state index in [4.69, 9.17) is 16.3 Å². The number of carbonyl (C=O) groups excluding carboxylic acids is 1. The zero-order valence-corrected chi connectivity index (χ0v) is 7.47. The summed E-state index contributed by atoms with van der Waals surface area (Å²) in [5, 5.41) is -0.488. The van der Waals surface area contributed by atoms with E-state index in [-0.39, 0.29) is 6.61 Å². The number of hydrogen-bond acceptors (Lipinski definition) is 2. The fourth-order valence-corrected chi connectivity index (χ4v) is 0.907. The van der Waals surface area contributed by atoms with Gasteiger partial charge in [0.05, 0.1) is 0 Å². The predicted octanol–water partition coefficient (Wildman–Crippen LogP) is 2.14. The molecule has 0 fully saturated rings. The van der Waals surface area contributed by atoms with Gasteiger partial charge in [0.25, 0.3) is 5.24 Å². The summed E-state index contributed by atoms with van der Waals surface area (Å²) in [5.74, 6) is 0.700. The second-order valence-electron chi connectivity index (χ2n) is 2.41. The van der Waals surface area contributed by atoms with Gasteiger partial charge in [-0.05, 0) is 30.2 Å². The fourth-order valence-electron chi connectivity index (χ4n) is 0.853.